The summed E-state index contributed by atoms with van der Waals surface area (Å²) >= 11 is 5.83. The van der Waals surface area contributed by atoms with Crippen molar-refractivity contribution in [3.63, 3.8) is 0 Å². The van der Waals surface area contributed by atoms with E-state index in [4.69, 9.17) is 11.6 Å². The summed E-state index contributed by atoms with van der Waals surface area (Å²) in [5.74, 6) is 0.895. The Bertz CT molecular complexity index is 622. The van der Waals surface area contributed by atoms with E-state index in [1.54, 1.807) is 12.1 Å². The zero-order valence-corrected chi connectivity index (χ0v) is 12.0. The van der Waals surface area contributed by atoms with Gasteiger partial charge in [0.1, 0.15) is 6.54 Å². The molecule has 7 nitrogen and oxygen atoms in total. The number of halogens is 1. The number of carbonyl (C=O) groups excluding carboxylic acids is 1. The van der Waals surface area contributed by atoms with Crippen molar-refractivity contribution in [3.05, 3.63) is 29.3 Å². The van der Waals surface area contributed by atoms with Gasteiger partial charge in [0.15, 0.2) is 0 Å². The molecule has 3 rings (SSSR count). The minimum Gasteiger partial charge on any atom is -0.354 e. The summed E-state index contributed by atoms with van der Waals surface area (Å²) in [6.45, 7) is 2.68. The Morgan fingerprint density at radius 1 is 1.38 bits per heavy atom. The third kappa shape index (κ3) is 3.56. The number of carbonyl (C=O) groups is 1. The van der Waals surface area contributed by atoms with E-state index in [0.717, 1.165) is 18.7 Å². The summed E-state index contributed by atoms with van der Waals surface area (Å²) in [6.07, 6.45) is 0. The van der Waals surface area contributed by atoms with Crippen molar-refractivity contribution < 1.29 is 4.79 Å². The molecular weight excluding hydrogens is 292 g/mol. The maximum Gasteiger partial charge on any atom is 0.243 e. The van der Waals surface area contributed by atoms with Crippen molar-refractivity contribution in [3.8, 4) is 11.4 Å². The molecule has 21 heavy (non-hydrogen) atoms. The van der Waals surface area contributed by atoms with Gasteiger partial charge in [-0.3, -0.25) is 4.79 Å². The quantitative estimate of drug-likeness (QED) is 0.831. The molecule has 1 aliphatic heterocycles. The van der Waals surface area contributed by atoms with Crippen LogP contribution in [0.5, 0.6) is 0 Å². The van der Waals surface area contributed by atoms with Crippen LogP contribution in [-0.4, -0.2) is 45.7 Å². The highest BCUT2D eigenvalue weighted by molar-refractivity contribution is 6.30. The number of hydrogen-bond donors (Lipinski definition) is 2. The lowest BCUT2D eigenvalue weighted by Gasteiger charge is -2.26. The third-order valence-electron chi connectivity index (χ3n) is 3.29. The van der Waals surface area contributed by atoms with Crippen LogP contribution in [-0.2, 0) is 11.3 Å². The van der Waals surface area contributed by atoms with Crippen LogP contribution in [0.4, 0.5) is 0 Å². The van der Waals surface area contributed by atoms with Crippen molar-refractivity contribution in [1.29, 1.82) is 0 Å². The van der Waals surface area contributed by atoms with Crippen LogP contribution in [0.2, 0.25) is 5.02 Å². The molecule has 0 atom stereocenters. The average Bonchev–Trinajstić information content (AvgIpc) is 2.86. The molecule has 2 aromatic rings. The van der Waals surface area contributed by atoms with Crippen LogP contribution < -0.4 is 10.6 Å². The largest absolute Gasteiger partial charge is 0.354 e. The van der Waals surface area contributed by atoms with Gasteiger partial charge in [0.05, 0.1) is 0 Å². The molecule has 0 radical (unpaired) electrons. The van der Waals surface area contributed by atoms with E-state index in [1.165, 1.54) is 4.80 Å². The van der Waals surface area contributed by atoms with Gasteiger partial charge in [0.2, 0.25) is 11.7 Å². The van der Waals surface area contributed by atoms with Crippen molar-refractivity contribution in [2.45, 2.75) is 6.54 Å². The predicted molar refractivity (Wildman–Crippen MR) is 77.6 cm³/mol. The van der Waals surface area contributed by atoms with E-state index in [-0.39, 0.29) is 12.5 Å². The Morgan fingerprint density at radius 2 is 2.14 bits per heavy atom. The number of nitrogens with one attached hydrogen (secondary N) is 2. The highest BCUT2D eigenvalue weighted by Gasteiger charge is 2.17. The maximum absolute atomic E-state index is 11.8. The molecule has 1 fully saturated rings. The lowest BCUT2D eigenvalue weighted by molar-refractivity contribution is -0.122. The van der Waals surface area contributed by atoms with Crippen LogP contribution in [0.25, 0.3) is 11.4 Å². The summed E-state index contributed by atoms with van der Waals surface area (Å²) in [7, 11) is 0. The first-order valence-corrected chi connectivity index (χ1v) is 7.09. The van der Waals surface area contributed by atoms with E-state index in [2.05, 4.69) is 26.0 Å². The number of tetrazole rings is 1. The molecule has 8 heteroatoms. The molecule has 110 valence electrons. The molecule has 0 aliphatic carbocycles. The van der Waals surface area contributed by atoms with Crippen LogP contribution >= 0.6 is 11.6 Å². The molecule has 2 heterocycles. The monoisotopic (exact) mass is 306 g/mol. The Kier molecular flexibility index (Phi) is 4.12. The summed E-state index contributed by atoms with van der Waals surface area (Å²) in [5.41, 5.74) is 0.812. The van der Waals surface area contributed by atoms with Crippen molar-refractivity contribution in [2.24, 2.45) is 5.92 Å². The molecule has 0 spiro atoms. The Labute approximate surface area is 126 Å². The highest BCUT2D eigenvalue weighted by Crippen LogP contribution is 2.16. The molecular formula is C13H15ClN6O. The first-order chi connectivity index (χ1) is 10.2. The molecule has 0 saturated carbocycles. The van der Waals surface area contributed by atoms with Crippen molar-refractivity contribution in [2.75, 3.05) is 19.6 Å². The first kappa shape index (κ1) is 14.0. The number of amides is 1. The number of hydrogen-bond acceptors (Lipinski definition) is 5. The third-order valence-corrected chi connectivity index (χ3v) is 3.55. The van der Waals surface area contributed by atoms with Gasteiger partial charge >= 0.3 is 0 Å². The number of benzene rings is 1. The van der Waals surface area contributed by atoms with Gasteiger partial charge in [-0.15, -0.1) is 10.2 Å². The van der Waals surface area contributed by atoms with Crippen LogP contribution in [0.1, 0.15) is 0 Å². The first-order valence-electron chi connectivity index (χ1n) is 6.72. The Morgan fingerprint density at radius 3 is 2.81 bits per heavy atom. The van der Waals surface area contributed by atoms with Gasteiger partial charge in [-0.05, 0) is 29.5 Å². The van der Waals surface area contributed by atoms with E-state index >= 15 is 0 Å². The molecule has 2 N–H and O–H groups in total. The van der Waals surface area contributed by atoms with Gasteiger partial charge in [-0.2, -0.15) is 4.80 Å². The number of rotatable bonds is 5. The van der Waals surface area contributed by atoms with Crippen LogP contribution in [0, 0.1) is 5.92 Å². The van der Waals surface area contributed by atoms with E-state index in [9.17, 15) is 4.79 Å². The van der Waals surface area contributed by atoms with Crippen molar-refractivity contribution in [1.82, 2.24) is 30.8 Å². The maximum atomic E-state index is 11.8. The minimum absolute atomic E-state index is 0.0702. The van der Waals surface area contributed by atoms with Gasteiger partial charge in [0.25, 0.3) is 0 Å². The second-order valence-electron chi connectivity index (χ2n) is 4.98. The van der Waals surface area contributed by atoms with Gasteiger partial charge in [-0.1, -0.05) is 11.6 Å². The topological polar surface area (TPSA) is 84.7 Å². The van der Waals surface area contributed by atoms with Gasteiger partial charge < -0.3 is 10.6 Å². The molecule has 1 saturated heterocycles. The smallest absolute Gasteiger partial charge is 0.243 e. The standard InChI is InChI=1S/C13H15ClN6O/c14-11-3-1-10(2-4-11)13-17-19-20(18-13)8-12(21)16-7-9-5-15-6-9/h1-4,9,15H,5-8H2,(H,16,21). The van der Waals surface area contributed by atoms with E-state index in [1.807, 2.05) is 12.1 Å². The second kappa shape index (κ2) is 6.19. The molecule has 0 unspecified atom stereocenters. The van der Waals surface area contributed by atoms with E-state index < -0.39 is 0 Å². The summed E-state index contributed by atoms with van der Waals surface area (Å²) in [5, 5.41) is 18.7. The lowest BCUT2D eigenvalue weighted by atomic mass is 10.0. The molecule has 0 bridgehead atoms. The Balaban J connectivity index is 1.56. The molecule has 1 aliphatic rings. The number of aromatic nitrogens is 4. The summed E-state index contributed by atoms with van der Waals surface area (Å²) in [6, 6.07) is 7.15. The summed E-state index contributed by atoms with van der Waals surface area (Å²) in [4.78, 5) is 13.1. The Hall–Kier alpha value is -1.99. The molecule has 1 amide bonds. The van der Waals surface area contributed by atoms with Gasteiger partial charge in [0, 0.05) is 36.1 Å². The summed E-state index contributed by atoms with van der Waals surface area (Å²) < 4.78 is 0. The average molecular weight is 307 g/mol. The second-order valence-corrected chi connectivity index (χ2v) is 5.42. The number of nitrogens with zero attached hydrogens (tertiary/aromatic N) is 4. The highest BCUT2D eigenvalue weighted by atomic mass is 35.5. The fourth-order valence-corrected chi connectivity index (χ4v) is 2.09. The van der Waals surface area contributed by atoms with Crippen LogP contribution in [0.3, 0.4) is 0 Å². The minimum atomic E-state index is -0.109. The zero-order valence-electron chi connectivity index (χ0n) is 11.3. The van der Waals surface area contributed by atoms with E-state index in [0.29, 0.717) is 23.3 Å². The van der Waals surface area contributed by atoms with Crippen molar-refractivity contribution >= 4 is 17.5 Å². The SMILES string of the molecule is O=C(Cn1nnc(-c2ccc(Cl)cc2)n1)NCC1CNC1. The zero-order chi connectivity index (χ0) is 14.7. The predicted octanol–water partition coefficient (Wildman–Crippen LogP) is 0.329. The normalized spacial score (nSPS) is 14.7. The van der Waals surface area contributed by atoms with Crippen LogP contribution in [0.15, 0.2) is 24.3 Å². The fraction of sp³-hybridized carbons (Fsp3) is 0.385. The fourth-order valence-electron chi connectivity index (χ4n) is 1.96. The molecule has 1 aromatic heterocycles. The molecule has 1 aromatic carbocycles. The van der Waals surface area contributed by atoms with Gasteiger partial charge in [-0.25, -0.2) is 0 Å². The lowest BCUT2D eigenvalue weighted by Crippen LogP contribution is -2.48.